The summed E-state index contributed by atoms with van der Waals surface area (Å²) in [4.78, 5) is -0.267. The van der Waals surface area contributed by atoms with Crippen molar-refractivity contribution in [3.63, 3.8) is 0 Å². The first-order chi connectivity index (χ1) is 9.88. The number of unbranched alkanes of at least 4 members (excludes halogenated alkanes) is 1. The van der Waals surface area contributed by atoms with Gasteiger partial charge in [0.25, 0.3) is 0 Å². The van der Waals surface area contributed by atoms with Crippen molar-refractivity contribution in [2.24, 2.45) is 5.73 Å². The minimum atomic E-state index is -3.82. The van der Waals surface area contributed by atoms with Gasteiger partial charge < -0.3 is 5.73 Å². The van der Waals surface area contributed by atoms with Crippen molar-refractivity contribution in [3.8, 4) is 0 Å². The molecule has 2 N–H and O–H groups in total. The van der Waals surface area contributed by atoms with Crippen molar-refractivity contribution < 1.29 is 12.8 Å². The zero-order chi connectivity index (χ0) is 16.0. The van der Waals surface area contributed by atoms with E-state index in [1.54, 1.807) is 6.07 Å². The zero-order valence-electron chi connectivity index (χ0n) is 13.0. The van der Waals surface area contributed by atoms with Gasteiger partial charge in [-0.15, -0.1) is 0 Å². The summed E-state index contributed by atoms with van der Waals surface area (Å²) in [7, 11) is -3.82. The highest BCUT2D eigenvalue weighted by Crippen LogP contribution is 2.23. The Morgan fingerprint density at radius 2 is 2.00 bits per heavy atom. The summed E-state index contributed by atoms with van der Waals surface area (Å²) in [5.74, 6) is -0.734. The highest BCUT2D eigenvalue weighted by molar-refractivity contribution is 7.89. The van der Waals surface area contributed by atoms with Crippen LogP contribution in [0, 0.1) is 5.82 Å². The summed E-state index contributed by atoms with van der Waals surface area (Å²) in [6.07, 6.45) is 2.33. The lowest BCUT2D eigenvalue weighted by molar-refractivity contribution is 0.322. The number of halogens is 1. The van der Waals surface area contributed by atoms with E-state index in [9.17, 15) is 12.8 Å². The maximum Gasteiger partial charge on any atom is 0.246 e. The Kier molecular flexibility index (Phi) is 6.77. The molecule has 1 aromatic carbocycles. The largest absolute Gasteiger partial charge is 0.326 e. The molecule has 1 aromatic rings. The summed E-state index contributed by atoms with van der Waals surface area (Å²) in [5.41, 5.74) is 6.03. The van der Waals surface area contributed by atoms with Gasteiger partial charge in [0.1, 0.15) is 10.7 Å². The predicted molar refractivity (Wildman–Crippen MR) is 82.8 cm³/mol. The number of nitrogens with two attached hydrogens (primary N) is 1. The van der Waals surface area contributed by atoms with Gasteiger partial charge in [-0.1, -0.05) is 26.3 Å². The lowest BCUT2D eigenvalue weighted by atomic mass is 10.2. The molecule has 0 radical (unpaired) electrons. The molecule has 0 spiro atoms. The predicted octanol–water partition coefficient (Wildman–Crippen LogP) is 2.87. The summed E-state index contributed by atoms with van der Waals surface area (Å²) >= 11 is 0. The number of hydrogen-bond donors (Lipinski definition) is 1. The van der Waals surface area contributed by atoms with E-state index in [1.165, 1.54) is 16.4 Å². The first-order valence-electron chi connectivity index (χ1n) is 7.38. The standard InChI is InChI=1S/C15H25FN2O2S/c1-4-6-9-18(12(3)5-2)21(19,20)15-8-7-13(11-17)10-14(15)16/h7-8,10,12H,4-6,9,11,17H2,1-3H3. The van der Waals surface area contributed by atoms with Gasteiger partial charge in [-0.25, -0.2) is 12.8 Å². The van der Waals surface area contributed by atoms with E-state index in [0.29, 0.717) is 18.5 Å². The molecule has 0 saturated heterocycles. The molecule has 1 unspecified atom stereocenters. The molecule has 1 atom stereocenters. The Bertz CT molecular complexity index is 561. The summed E-state index contributed by atoms with van der Waals surface area (Å²) in [5, 5.41) is 0. The Balaban J connectivity index is 3.21. The summed E-state index contributed by atoms with van der Waals surface area (Å²) in [6.45, 7) is 6.36. The van der Waals surface area contributed by atoms with E-state index in [4.69, 9.17) is 5.73 Å². The fourth-order valence-corrected chi connectivity index (χ4v) is 3.89. The molecule has 0 heterocycles. The van der Waals surface area contributed by atoms with Gasteiger partial charge in [0.15, 0.2) is 0 Å². The molecule has 1 rings (SSSR count). The van der Waals surface area contributed by atoms with E-state index < -0.39 is 15.8 Å². The van der Waals surface area contributed by atoms with E-state index in [0.717, 1.165) is 12.8 Å². The van der Waals surface area contributed by atoms with Crippen LogP contribution >= 0.6 is 0 Å². The first kappa shape index (κ1) is 18.1. The van der Waals surface area contributed by atoms with Crippen LogP contribution in [0.2, 0.25) is 0 Å². The van der Waals surface area contributed by atoms with Crippen LogP contribution in [0.25, 0.3) is 0 Å². The first-order valence-corrected chi connectivity index (χ1v) is 8.82. The maximum absolute atomic E-state index is 14.1. The van der Waals surface area contributed by atoms with E-state index in [-0.39, 0.29) is 17.5 Å². The van der Waals surface area contributed by atoms with Crippen LogP contribution in [0.5, 0.6) is 0 Å². The van der Waals surface area contributed by atoms with Gasteiger partial charge in [0, 0.05) is 19.1 Å². The summed E-state index contributed by atoms with van der Waals surface area (Å²) < 4.78 is 40.9. The third-order valence-corrected chi connectivity index (χ3v) is 5.68. The molecular formula is C15H25FN2O2S. The van der Waals surface area contributed by atoms with Gasteiger partial charge in [-0.05, 0) is 37.5 Å². The quantitative estimate of drug-likeness (QED) is 0.802. The second-order valence-corrected chi connectivity index (χ2v) is 7.05. The minimum absolute atomic E-state index is 0.157. The molecule has 0 aliphatic carbocycles. The average Bonchev–Trinajstić information content (AvgIpc) is 2.46. The van der Waals surface area contributed by atoms with Gasteiger partial charge in [0.05, 0.1) is 0 Å². The molecule has 120 valence electrons. The molecular weight excluding hydrogens is 291 g/mol. The van der Waals surface area contributed by atoms with Crippen LogP contribution in [0.3, 0.4) is 0 Å². The lowest BCUT2D eigenvalue weighted by Crippen LogP contribution is -2.39. The van der Waals surface area contributed by atoms with Gasteiger partial charge in [-0.3, -0.25) is 0 Å². The van der Waals surface area contributed by atoms with Crippen LogP contribution in [-0.4, -0.2) is 25.3 Å². The fraction of sp³-hybridized carbons (Fsp3) is 0.600. The highest BCUT2D eigenvalue weighted by Gasteiger charge is 2.30. The number of sulfonamides is 1. The Hall–Kier alpha value is -0.980. The van der Waals surface area contributed by atoms with Crippen molar-refractivity contribution in [3.05, 3.63) is 29.6 Å². The zero-order valence-corrected chi connectivity index (χ0v) is 13.8. The molecule has 0 saturated carbocycles. The third kappa shape index (κ3) is 4.25. The maximum atomic E-state index is 14.1. The molecule has 21 heavy (non-hydrogen) atoms. The molecule has 0 aliphatic rings. The molecule has 0 aliphatic heterocycles. The second-order valence-electron chi connectivity index (χ2n) is 5.20. The lowest BCUT2D eigenvalue weighted by Gasteiger charge is -2.27. The van der Waals surface area contributed by atoms with Crippen LogP contribution < -0.4 is 5.73 Å². The SMILES string of the molecule is CCCCN(C(C)CC)S(=O)(=O)c1ccc(CN)cc1F. The normalized spacial score (nSPS) is 13.6. The third-order valence-electron chi connectivity index (χ3n) is 3.63. The van der Waals surface area contributed by atoms with Crippen molar-refractivity contribution in [2.45, 2.75) is 57.5 Å². The van der Waals surface area contributed by atoms with Crippen molar-refractivity contribution >= 4 is 10.0 Å². The number of hydrogen-bond acceptors (Lipinski definition) is 3. The highest BCUT2D eigenvalue weighted by atomic mass is 32.2. The molecule has 6 heteroatoms. The number of benzene rings is 1. The fourth-order valence-electron chi connectivity index (χ4n) is 2.10. The molecule has 0 aromatic heterocycles. The number of nitrogens with zero attached hydrogens (tertiary/aromatic N) is 1. The van der Waals surface area contributed by atoms with Gasteiger partial charge in [-0.2, -0.15) is 4.31 Å². The average molecular weight is 316 g/mol. The second kappa shape index (κ2) is 7.87. The Labute approximate surface area is 127 Å². The molecule has 4 nitrogen and oxygen atoms in total. The topological polar surface area (TPSA) is 63.4 Å². The van der Waals surface area contributed by atoms with E-state index in [2.05, 4.69) is 0 Å². The van der Waals surface area contributed by atoms with Crippen LogP contribution in [-0.2, 0) is 16.6 Å². The molecule has 0 amide bonds. The smallest absolute Gasteiger partial charge is 0.246 e. The van der Waals surface area contributed by atoms with E-state index in [1.807, 2.05) is 20.8 Å². The van der Waals surface area contributed by atoms with Crippen LogP contribution in [0.4, 0.5) is 4.39 Å². The Morgan fingerprint density at radius 3 is 2.48 bits per heavy atom. The monoisotopic (exact) mass is 316 g/mol. The van der Waals surface area contributed by atoms with Crippen molar-refractivity contribution in [2.75, 3.05) is 6.54 Å². The van der Waals surface area contributed by atoms with Gasteiger partial charge >= 0.3 is 0 Å². The number of rotatable bonds is 8. The Morgan fingerprint density at radius 1 is 1.33 bits per heavy atom. The minimum Gasteiger partial charge on any atom is -0.326 e. The summed E-state index contributed by atoms with van der Waals surface area (Å²) in [6, 6.07) is 3.91. The van der Waals surface area contributed by atoms with Crippen LogP contribution in [0.1, 0.15) is 45.6 Å². The van der Waals surface area contributed by atoms with E-state index >= 15 is 0 Å². The van der Waals surface area contributed by atoms with Gasteiger partial charge in [0.2, 0.25) is 10.0 Å². The molecule has 0 bridgehead atoms. The van der Waals surface area contributed by atoms with Crippen LogP contribution in [0.15, 0.2) is 23.1 Å². The molecule has 0 fully saturated rings. The van der Waals surface area contributed by atoms with Crippen molar-refractivity contribution in [1.82, 2.24) is 4.31 Å². The van der Waals surface area contributed by atoms with Crippen molar-refractivity contribution in [1.29, 1.82) is 0 Å².